The fourth-order valence-corrected chi connectivity index (χ4v) is 1.64. The van der Waals surface area contributed by atoms with Gasteiger partial charge in [0.25, 0.3) is 5.91 Å². The molecule has 0 aromatic rings. The normalized spacial score (nSPS) is 20.7. The van der Waals surface area contributed by atoms with E-state index in [2.05, 4.69) is 5.10 Å². The number of hydrogen-bond acceptors (Lipinski definition) is 3. The van der Waals surface area contributed by atoms with Gasteiger partial charge in [-0.1, -0.05) is 6.92 Å². The maximum Gasteiger partial charge on any atom is 0.303 e. The zero-order chi connectivity index (χ0) is 11.4. The van der Waals surface area contributed by atoms with Crippen LogP contribution in [0.2, 0.25) is 0 Å². The van der Waals surface area contributed by atoms with Crippen molar-refractivity contribution >= 4 is 17.6 Å². The van der Waals surface area contributed by atoms with Crippen molar-refractivity contribution in [2.75, 3.05) is 6.54 Å². The number of carbonyl (C=O) groups is 2. The lowest BCUT2D eigenvalue weighted by Crippen LogP contribution is -2.28. The highest BCUT2D eigenvalue weighted by molar-refractivity contribution is 6.06. The first kappa shape index (κ1) is 11.7. The van der Waals surface area contributed by atoms with Gasteiger partial charge in [-0.2, -0.15) is 5.10 Å². The molecule has 1 unspecified atom stereocenters. The molecule has 0 radical (unpaired) electrons. The van der Waals surface area contributed by atoms with Crippen LogP contribution in [0.5, 0.6) is 0 Å². The summed E-state index contributed by atoms with van der Waals surface area (Å²) in [6.45, 7) is 4.36. The number of nitrogens with zero attached hydrogens (tertiary/aromatic N) is 2. The average Bonchev–Trinajstić information content (AvgIpc) is 2.40. The first-order chi connectivity index (χ1) is 7.06. The third kappa shape index (κ3) is 2.78. The molecule has 1 aliphatic heterocycles. The van der Waals surface area contributed by atoms with E-state index in [1.807, 2.05) is 6.92 Å². The number of hydrogen-bond donors (Lipinski definition) is 1. The Balaban J connectivity index is 2.57. The summed E-state index contributed by atoms with van der Waals surface area (Å²) >= 11 is 0. The lowest BCUT2D eigenvalue weighted by molar-refractivity contribution is -0.137. The summed E-state index contributed by atoms with van der Waals surface area (Å²) in [6, 6.07) is 0. The Morgan fingerprint density at radius 3 is 2.80 bits per heavy atom. The van der Waals surface area contributed by atoms with Crippen molar-refractivity contribution in [3.05, 3.63) is 0 Å². The van der Waals surface area contributed by atoms with E-state index < -0.39 is 5.97 Å². The maximum absolute atomic E-state index is 11.7. The van der Waals surface area contributed by atoms with Crippen molar-refractivity contribution in [3.63, 3.8) is 0 Å². The highest BCUT2D eigenvalue weighted by Crippen LogP contribution is 2.20. The molecule has 5 heteroatoms. The molecule has 84 valence electrons. The molecule has 0 aliphatic carbocycles. The van der Waals surface area contributed by atoms with E-state index in [-0.39, 0.29) is 18.2 Å². The number of carbonyl (C=O) groups excluding carboxylic acids is 1. The maximum atomic E-state index is 11.7. The third-order valence-corrected chi connectivity index (χ3v) is 2.42. The summed E-state index contributed by atoms with van der Waals surface area (Å²) in [5, 5.41) is 14.1. The van der Waals surface area contributed by atoms with Crippen molar-refractivity contribution in [2.24, 2.45) is 11.0 Å². The molecule has 5 nitrogen and oxygen atoms in total. The Bertz CT molecular complexity index is 299. The minimum Gasteiger partial charge on any atom is -0.481 e. The molecule has 1 aliphatic rings. The molecule has 0 spiro atoms. The van der Waals surface area contributed by atoms with Gasteiger partial charge in [0.15, 0.2) is 0 Å². The SMILES string of the molecule is CCCN1N=C(C)C(CCC(=O)O)C1=O. The Kier molecular flexibility index (Phi) is 3.82. The van der Waals surface area contributed by atoms with Gasteiger partial charge in [0.05, 0.1) is 5.92 Å². The fraction of sp³-hybridized carbons (Fsp3) is 0.700. The second-order valence-electron chi connectivity index (χ2n) is 3.69. The van der Waals surface area contributed by atoms with Gasteiger partial charge in [0, 0.05) is 18.7 Å². The number of amides is 1. The van der Waals surface area contributed by atoms with Crippen LogP contribution in [0, 0.1) is 5.92 Å². The van der Waals surface area contributed by atoms with Gasteiger partial charge >= 0.3 is 5.97 Å². The topological polar surface area (TPSA) is 70.0 Å². The molecule has 1 N–H and O–H groups in total. The van der Waals surface area contributed by atoms with Crippen LogP contribution >= 0.6 is 0 Å². The summed E-state index contributed by atoms with van der Waals surface area (Å²) in [5.41, 5.74) is 0.731. The first-order valence-corrected chi connectivity index (χ1v) is 5.14. The molecule has 1 heterocycles. The molecule has 1 atom stereocenters. The highest BCUT2D eigenvalue weighted by Gasteiger charge is 2.32. The standard InChI is InChI=1S/C10H16N2O3/c1-3-6-12-10(15)8(7(2)11-12)4-5-9(13)14/h8H,3-6H2,1-2H3,(H,13,14). The Morgan fingerprint density at radius 2 is 2.27 bits per heavy atom. The van der Waals surface area contributed by atoms with E-state index in [1.165, 1.54) is 5.01 Å². The number of rotatable bonds is 5. The van der Waals surface area contributed by atoms with Gasteiger partial charge in [0.1, 0.15) is 0 Å². The molecule has 0 fully saturated rings. The summed E-state index contributed by atoms with van der Waals surface area (Å²) in [5.74, 6) is -1.26. The van der Waals surface area contributed by atoms with Crippen LogP contribution < -0.4 is 0 Å². The molecule has 0 bridgehead atoms. The zero-order valence-corrected chi connectivity index (χ0v) is 9.06. The van der Waals surface area contributed by atoms with Crippen molar-refractivity contribution in [1.82, 2.24) is 5.01 Å². The Hall–Kier alpha value is -1.39. The smallest absolute Gasteiger partial charge is 0.303 e. The Labute approximate surface area is 88.8 Å². The second kappa shape index (κ2) is 4.91. The number of carboxylic acid groups (broad SMARTS) is 1. The Morgan fingerprint density at radius 1 is 1.60 bits per heavy atom. The molecule has 15 heavy (non-hydrogen) atoms. The molecule has 0 aromatic heterocycles. The molecular weight excluding hydrogens is 196 g/mol. The lowest BCUT2D eigenvalue weighted by Gasteiger charge is -2.12. The van der Waals surface area contributed by atoms with Crippen LogP contribution in [0.3, 0.4) is 0 Å². The molecule has 0 saturated heterocycles. The molecule has 1 amide bonds. The van der Waals surface area contributed by atoms with Crippen LogP contribution in [0.4, 0.5) is 0 Å². The fourth-order valence-electron chi connectivity index (χ4n) is 1.64. The monoisotopic (exact) mass is 212 g/mol. The quantitative estimate of drug-likeness (QED) is 0.741. The van der Waals surface area contributed by atoms with Crippen LogP contribution in [0.15, 0.2) is 5.10 Å². The lowest BCUT2D eigenvalue weighted by atomic mass is 9.98. The van der Waals surface area contributed by atoms with Gasteiger partial charge in [-0.3, -0.25) is 9.59 Å². The minimum atomic E-state index is -0.871. The molecule has 1 rings (SSSR count). The van der Waals surface area contributed by atoms with E-state index >= 15 is 0 Å². The number of hydrazone groups is 1. The number of carboxylic acids is 1. The third-order valence-electron chi connectivity index (χ3n) is 2.42. The first-order valence-electron chi connectivity index (χ1n) is 5.14. The van der Waals surface area contributed by atoms with Gasteiger partial charge in [0.2, 0.25) is 0 Å². The van der Waals surface area contributed by atoms with Crippen LogP contribution in [-0.2, 0) is 9.59 Å². The predicted octanol–water partition coefficient (Wildman–Crippen LogP) is 1.10. The highest BCUT2D eigenvalue weighted by atomic mass is 16.4. The zero-order valence-electron chi connectivity index (χ0n) is 9.06. The van der Waals surface area contributed by atoms with E-state index in [1.54, 1.807) is 6.92 Å². The van der Waals surface area contributed by atoms with Crippen LogP contribution in [0.25, 0.3) is 0 Å². The van der Waals surface area contributed by atoms with Crippen molar-refractivity contribution < 1.29 is 14.7 Å². The second-order valence-corrected chi connectivity index (χ2v) is 3.69. The van der Waals surface area contributed by atoms with Gasteiger partial charge in [-0.25, -0.2) is 5.01 Å². The van der Waals surface area contributed by atoms with Crippen molar-refractivity contribution in [1.29, 1.82) is 0 Å². The van der Waals surface area contributed by atoms with E-state index in [9.17, 15) is 9.59 Å². The van der Waals surface area contributed by atoms with Crippen molar-refractivity contribution in [2.45, 2.75) is 33.1 Å². The summed E-state index contributed by atoms with van der Waals surface area (Å²) in [7, 11) is 0. The van der Waals surface area contributed by atoms with Crippen molar-refractivity contribution in [3.8, 4) is 0 Å². The van der Waals surface area contributed by atoms with Gasteiger partial charge in [-0.15, -0.1) is 0 Å². The van der Waals surface area contributed by atoms with Gasteiger partial charge in [-0.05, 0) is 19.8 Å². The van der Waals surface area contributed by atoms with E-state index in [4.69, 9.17) is 5.11 Å². The largest absolute Gasteiger partial charge is 0.481 e. The van der Waals surface area contributed by atoms with Crippen LogP contribution in [0.1, 0.15) is 33.1 Å². The molecule has 0 aromatic carbocycles. The average molecular weight is 212 g/mol. The summed E-state index contributed by atoms with van der Waals surface area (Å²) in [6.07, 6.45) is 1.22. The summed E-state index contributed by atoms with van der Waals surface area (Å²) in [4.78, 5) is 22.1. The molecular formula is C10H16N2O3. The molecule has 0 saturated carbocycles. The minimum absolute atomic E-state index is 0.0171. The van der Waals surface area contributed by atoms with Gasteiger partial charge < -0.3 is 5.11 Å². The number of aliphatic carboxylic acids is 1. The van der Waals surface area contributed by atoms with E-state index in [0.29, 0.717) is 13.0 Å². The van der Waals surface area contributed by atoms with Crippen LogP contribution in [-0.4, -0.2) is 34.2 Å². The summed E-state index contributed by atoms with van der Waals surface area (Å²) < 4.78 is 0. The predicted molar refractivity (Wildman–Crippen MR) is 55.5 cm³/mol. The van der Waals surface area contributed by atoms with E-state index in [0.717, 1.165) is 12.1 Å².